The molecule has 2 aliphatic heterocycles. The molecular weight excluding hydrogens is 276 g/mol. The van der Waals surface area contributed by atoms with E-state index in [1.807, 2.05) is 0 Å². The molecule has 1 amide bonds. The van der Waals surface area contributed by atoms with E-state index in [4.69, 9.17) is 19.4 Å². The van der Waals surface area contributed by atoms with Crippen molar-refractivity contribution in [2.75, 3.05) is 40.0 Å². The summed E-state index contributed by atoms with van der Waals surface area (Å²) < 4.78 is 10.7. The van der Waals surface area contributed by atoms with Gasteiger partial charge in [0.05, 0.1) is 12.6 Å². The Kier molecular flexibility index (Phi) is 8.96. The Morgan fingerprint density at radius 1 is 1.48 bits per heavy atom. The van der Waals surface area contributed by atoms with Crippen LogP contribution in [0.1, 0.15) is 25.7 Å². The molecule has 2 heterocycles. The SMILES string of the molecule is CO[C@H]1COCC[C@@H]1NC(=O)CCN1CCCC1.O=CO. The third-order valence-corrected chi connectivity index (χ3v) is 3.81. The number of carboxylic acid groups (broad SMARTS) is 1. The van der Waals surface area contributed by atoms with Crippen molar-refractivity contribution in [2.24, 2.45) is 0 Å². The van der Waals surface area contributed by atoms with E-state index in [1.54, 1.807) is 7.11 Å². The fraction of sp³-hybridized carbons (Fsp3) is 0.857. The molecule has 7 heteroatoms. The summed E-state index contributed by atoms with van der Waals surface area (Å²) in [6.07, 6.45) is 3.97. The van der Waals surface area contributed by atoms with Gasteiger partial charge in [-0.25, -0.2) is 0 Å². The summed E-state index contributed by atoms with van der Waals surface area (Å²) in [5, 5.41) is 9.96. The molecule has 0 aliphatic carbocycles. The van der Waals surface area contributed by atoms with Crippen LogP contribution in [0.15, 0.2) is 0 Å². The minimum atomic E-state index is -0.250. The monoisotopic (exact) mass is 302 g/mol. The molecule has 0 saturated carbocycles. The fourth-order valence-corrected chi connectivity index (χ4v) is 2.65. The number of hydrogen-bond acceptors (Lipinski definition) is 5. The van der Waals surface area contributed by atoms with Crippen molar-refractivity contribution in [3.63, 3.8) is 0 Å². The van der Waals surface area contributed by atoms with E-state index in [2.05, 4.69) is 10.2 Å². The van der Waals surface area contributed by atoms with Crippen LogP contribution >= 0.6 is 0 Å². The first-order valence-electron chi connectivity index (χ1n) is 7.41. The van der Waals surface area contributed by atoms with E-state index in [0.29, 0.717) is 19.6 Å². The topological polar surface area (TPSA) is 88.1 Å². The molecule has 21 heavy (non-hydrogen) atoms. The number of nitrogens with one attached hydrogen (secondary N) is 1. The molecule has 122 valence electrons. The molecule has 2 fully saturated rings. The maximum atomic E-state index is 11.9. The van der Waals surface area contributed by atoms with E-state index in [9.17, 15) is 4.79 Å². The number of methoxy groups -OCH3 is 1. The number of amides is 1. The highest BCUT2D eigenvalue weighted by Gasteiger charge is 2.27. The Labute approximate surface area is 125 Å². The third kappa shape index (κ3) is 6.88. The predicted octanol–water partition coefficient (Wildman–Crippen LogP) is 0.0932. The maximum absolute atomic E-state index is 11.9. The van der Waals surface area contributed by atoms with E-state index < -0.39 is 0 Å². The van der Waals surface area contributed by atoms with Gasteiger partial charge < -0.3 is 24.8 Å². The highest BCUT2D eigenvalue weighted by atomic mass is 16.5. The summed E-state index contributed by atoms with van der Waals surface area (Å²) in [4.78, 5) is 22.6. The number of likely N-dealkylation sites (tertiary alicyclic amines) is 1. The molecule has 2 atom stereocenters. The van der Waals surface area contributed by atoms with Crippen LogP contribution in [0.4, 0.5) is 0 Å². The standard InChI is InChI=1S/C13H24N2O3.CH2O2/c1-17-12-10-18-9-5-11(12)14-13(16)4-8-15-6-2-3-7-15;2-1-3/h11-12H,2-10H2,1H3,(H,14,16);1H,(H,2,3)/t11-,12-;/m0./s1. The van der Waals surface area contributed by atoms with E-state index in [-0.39, 0.29) is 24.5 Å². The lowest BCUT2D eigenvalue weighted by Crippen LogP contribution is -2.50. The smallest absolute Gasteiger partial charge is 0.290 e. The van der Waals surface area contributed by atoms with Gasteiger partial charge >= 0.3 is 0 Å². The van der Waals surface area contributed by atoms with Crippen LogP contribution in [0.2, 0.25) is 0 Å². The Morgan fingerprint density at radius 2 is 2.14 bits per heavy atom. The van der Waals surface area contributed by atoms with Gasteiger partial charge in [0.15, 0.2) is 0 Å². The summed E-state index contributed by atoms with van der Waals surface area (Å²) in [6, 6.07) is 0.106. The van der Waals surface area contributed by atoms with Crippen molar-refractivity contribution >= 4 is 12.4 Å². The summed E-state index contributed by atoms with van der Waals surface area (Å²) in [5.74, 6) is 0.135. The lowest BCUT2D eigenvalue weighted by molar-refractivity contribution is -0.125. The third-order valence-electron chi connectivity index (χ3n) is 3.81. The maximum Gasteiger partial charge on any atom is 0.290 e. The zero-order valence-electron chi connectivity index (χ0n) is 12.6. The molecule has 2 aliphatic rings. The molecule has 0 aromatic carbocycles. The molecule has 2 saturated heterocycles. The number of carbonyl (C=O) groups excluding carboxylic acids is 1. The summed E-state index contributed by atoms with van der Waals surface area (Å²) in [7, 11) is 1.67. The normalized spacial score (nSPS) is 25.8. The summed E-state index contributed by atoms with van der Waals surface area (Å²) in [5.41, 5.74) is 0. The Bertz CT molecular complexity index is 308. The minimum Gasteiger partial charge on any atom is -0.483 e. The molecule has 2 N–H and O–H groups in total. The van der Waals surface area contributed by atoms with Crippen LogP contribution in [0.25, 0.3) is 0 Å². The highest BCUT2D eigenvalue weighted by molar-refractivity contribution is 5.76. The van der Waals surface area contributed by atoms with Crippen molar-refractivity contribution < 1.29 is 24.2 Å². The van der Waals surface area contributed by atoms with Gasteiger partial charge in [-0.1, -0.05) is 0 Å². The van der Waals surface area contributed by atoms with Crippen LogP contribution < -0.4 is 5.32 Å². The van der Waals surface area contributed by atoms with Gasteiger partial charge in [0, 0.05) is 26.7 Å². The lowest BCUT2D eigenvalue weighted by Gasteiger charge is -2.31. The minimum absolute atomic E-state index is 0.00510. The number of ether oxygens (including phenoxy) is 2. The van der Waals surface area contributed by atoms with Gasteiger partial charge in [0.1, 0.15) is 6.10 Å². The van der Waals surface area contributed by atoms with Gasteiger partial charge in [-0.2, -0.15) is 0 Å². The van der Waals surface area contributed by atoms with Crippen molar-refractivity contribution in [2.45, 2.75) is 37.8 Å². The van der Waals surface area contributed by atoms with Crippen LogP contribution in [0.5, 0.6) is 0 Å². The molecule has 0 aromatic heterocycles. The average Bonchev–Trinajstić information content (AvgIpc) is 3.00. The van der Waals surface area contributed by atoms with E-state index in [0.717, 1.165) is 26.1 Å². The molecule has 0 bridgehead atoms. The van der Waals surface area contributed by atoms with Crippen LogP contribution in [0, 0.1) is 0 Å². The number of hydrogen-bond donors (Lipinski definition) is 2. The Hall–Kier alpha value is -1.18. The number of rotatable bonds is 5. The molecule has 0 radical (unpaired) electrons. The van der Waals surface area contributed by atoms with Gasteiger partial charge in [-0.05, 0) is 32.4 Å². The molecule has 0 spiro atoms. The summed E-state index contributed by atoms with van der Waals surface area (Å²) >= 11 is 0. The van der Waals surface area contributed by atoms with Gasteiger partial charge in [0.25, 0.3) is 6.47 Å². The first kappa shape index (κ1) is 17.9. The van der Waals surface area contributed by atoms with Crippen molar-refractivity contribution in [3.05, 3.63) is 0 Å². The van der Waals surface area contributed by atoms with Gasteiger partial charge in [-0.3, -0.25) is 9.59 Å². The second-order valence-corrected chi connectivity index (χ2v) is 5.22. The Morgan fingerprint density at radius 3 is 2.76 bits per heavy atom. The van der Waals surface area contributed by atoms with Crippen molar-refractivity contribution in [3.8, 4) is 0 Å². The lowest BCUT2D eigenvalue weighted by atomic mass is 10.1. The zero-order valence-corrected chi connectivity index (χ0v) is 12.6. The van der Waals surface area contributed by atoms with Crippen LogP contribution in [-0.4, -0.2) is 74.5 Å². The van der Waals surface area contributed by atoms with Crippen molar-refractivity contribution in [1.82, 2.24) is 10.2 Å². The molecule has 2 rings (SSSR count). The molecule has 7 nitrogen and oxygen atoms in total. The second-order valence-electron chi connectivity index (χ2n) is 5.22. The van der Waals surface area contributed by atoms with Crippen molar-refractivity contribution in [1.29, 1.82) is 0 Å². The quantitative estimate of drug-likeness (QED) is 0.700. The van der Waals surface area contributed by atoms with Gasteiger partial charge in [-0.15, -0.1) is 0 Å². The highest BCUT2D eigenvalue weighted by Crippen LogP contribution is 2.11. The zero-order chi connectivity index (χ0) is 15.5. The fourth-order valence-electron chi connectivity index (χ4n) is 2.65. The van der Waals surface area contributed by atoms with Crippen LogP contribution in [-0.2, 0) is 19.1 Å². The van der Waals surface area contributed by atoms with Gasteiger partial charge in [0.2, 0.25) is 5.91 Å². The summed E-state index contributed by atoms with van der Waals surface area (Å²) in [6.45, 7) is 4.20. The Balaban J connectivity index is 0.000000677. The second kappa shape index (κ2) is 10.5. The number of carbonyl (C=O) groups is 2. The molecule has 0 unspecified atom stereocenters. The number of nitrogens with zero attached hydrogens (tertiary/aromatic N) is 1. The average molecular weight is 302 g/mol. The largest absolute Gasteiger partial charge is 0.483 e. The first-order chi connectivity index (χ1) is 10.2. The molecular formula is C14H26N2O5. The molecule has 0 aromatic rings. The van der Waals surface area contributed by atoms with E-state index >= 15 is 0 Å². The van der Waals surface area contributed by atoms with E-state index in [1.165, 1.54) is 12.8 Å². The van der Waals surface area contributed by atoms with Crippen LogP contribution in [0.3, 0.4) is 0 Å². The predicted molar refractivity (Wildman–Crippen MR) is 77.1 cm³/mol. The first-order valence-corrected chi connectivity index (χ1v) is 7.41.